The van der Waals surface area contributed by atoms with Crippen LogP contribution >= 0.6 is 0 Å². The van der Waals surface area contributed by atoms with Crippen LogP contribution < -0.4 is 0 Å². The first-order valence-electron chi connectivity index (χ1n) is 9.84. The molecule has 1 aliphatic carbocycles. The maximum atomic E-state index is 13.2. The molecule has 140 valence electrons. The monoisotopic (exact) mass is 371 g/mol. The molecule has 5 atom stereocenters. The zero-order valence-electron chi connectivity index (χ0n) is 15.9. The van der Waals surface area contributed by atoms with Gasteiger partial charge in [0.15, 0.2) is 11.6 Å². The van der Waals surface area contributed by atoms with Gasteiger partial charge in [-0.2, -0.15) is 5.26 Å². The number of rotatable bonds is 2. The fraction of sp³-hybridized carbons (Fsp3) is 0.375. The maximum Gasteiger partial charge on any atom is 0.154 e. The minimum absolute atomic E-state index is 0.0551. The summed E-state index contributed by atoms with van der Waals surface area (Å²) >= 11 is 0. The van der Waals surface area contributed by atoms with Crippen molar-refractivity contribution in [2.45, 2.75) is 44.8 Å². The van der Waals surface area contributed by atoms with Gasteiger partial charge in [-0.3, -0.25) is 9.59 Å². The summed E-state index contributed by atoms with van der Waals surface area (Å²) in [5.41, 5.74) is 5.49. The van der Waals surface area contributed by atoms with Crippen LogP contribution in [0.2, 0.25) is 0 Å². The van der Waals surface area contributed by atoms with Crippen molar-refractivity contribution < 1.29 is 14.3 Å². The summed E-state index contributed by atoms with van der Waals surface area (Å²) in [4.78, 5) is 26.4. The van der Waals surface area contributed by atoms with Crippen LogP contribution in [0.4, 0.5) is 0 Å². The lowest BCUT2D eigenvalue weighted by atomic mass is 9.81. The number of benzene rings is 2. The van der Waals surface area contributed by atoms with Crippen molar-refractivity contribution >= 4 is 11.6 Å². The number of carbonyl (C=O) groups is 2. The molecule has 0 N–H and O–H groups in total. The van der Waals surface area contributed by atoms with E-state index in [1.54, 1.807) is 12.1 Å². The Labute approximate surface area is 164 Å². The molecule has 0 amide bonds. The number of carbonyl (C=O) groups excluding carboxylic acids is 2. The predicted molar refractivity (Wildman–Crippen MR) is 104 cm³/mol. The Bertz CT molecular complexity index is 996. The van der Waals surface area contributed by atoms with Gasteiger partial charge in [-0.1, -0.05) is 24.3 Å². The first-order valence-corrected chi connectivity index (χ1v) is 9.84. The van der Waals surface area contributed by atoms with Gasteiger partial charge in [-0.15, -0.1) is 0 Å². The van der Waals surface area contributed by atoms with Crippen molar-refractivity contribution in [3.63, 3.8) is 0 Å². The van der Waals surface area contributed by atoms with Crippen LogP contribution in [-0.2, 0) is 14.3 Å². The molecule has 4 heteroatoms. The van der Waals surface area contributed by atoms with E-state index in [1.807, 2.05) is 38.1 Å². The highest BCUT2D eigenvalue weighted by molar-refractivity contribution is 6.17. The second-order valence-electron chi connectivity index (χ2n) is 8.29. The smallest absolute Gasteiger partial charge is 0.154 e. The molecule has 3 fully saturated rings. The Hall–Kier alpha value is -2.77. The van der Waals surface area contributed by atoms with Gasteiger partial charge in [0.2, 0.25) is 0 Å². The zero-order chi connectivity index (χ0) is 19.6. The summed E-state index contributed by atoms with van der Waals surface area (Å²) in [6.45, 7) is 3.96. The summed E-state index contributed by atoms with van der Waals surface area (Å²) in [5.74, 6) is -1.02. The molecule has 1 unspecified atom stereocenters. The van der Waals surface area contributed by atoms with Crippen molar-refractivity contribution in [3.05, 3.63) is 58.7 Å². The molecule has 28 heavy (non-hydrogen) atoms. The van der Waals surface area contributed by atoms with Gasteiger partial charge >= 0.3 is 0 Å². The molecule has 2 heterocycles. The van der Waals surface area contributed by atoms with E-state index in [4.69, 9.17) is 10.00 Å². The lowest BCUT2D eigenvalue weighted by Gasteiger charge is -2.18. The van der Waals surface area contributed by atoms with Crippen LogP contribution in [0.25, 0.3) is 11.1 Å². The van der Waals surface area contributed by atoms with Crippen molar-refractivity contribution in [1.82, 2.24) is 0 Å². The highest BCUT2D eigenvalue weighted by Gasteiger charge is 2.63. The van der Waals surface area contributed by atoms with Crippen molar-refractivity contribution in [2.24, 2.45) is 11.8 Å². The van der Waals surface area contributed by atoms with E-state index in [1.165, 1.54) is 0 Å². The Balaban J connectivity index is 1.53. The predicted octanol–water partition coefficient (Wildman–Crippen LogP) is 3.87. The van der Waals surface area contributed by atoms with Crippen molar-refractivity contribution in [3.8, 4) is 17.2 Å². The third-order valence-electron chi connectivity index (χ3n) is 6.73. The normalized spacial score (nSPS) is 30.5. The van der Waals surface area contributed by atoms with Gasteiger partial charge in [0.05, 0.1) is 35.7 Å². The SMILES string of the molecule is Cc1cc(-c2ccc(C#N)cc2)cc(C)c1C1C(=O)[C@@H]2[C@H](C1=O)[C@H]1CC[C@@H]2O1. The Morgan fingerprint density at radius 1 is 0.893 bits per heavy atom. The number of nitrogens with zero attached hydrogens (tertiary/aromatic N) is 1. The standard InChI is InChI=1S/C24H21NO3/c1-12-9-16(15-5-3-14(11-25)4-6-15)10-13(2)19(12)22-23(26)20-17-7-8-18(28-17)21(20)24(22)27/h3-6,9-10,17-18,20-22H,7-8H2,1-2H3/t17-,18+,20-,21+,22?. The summed E-state index contributed by atoms with van der Waals surface area (Å²) < 4.78 is 5.86. The minimum atomic E-state index is -0.642. The van der Waals surface area contributed by atoms with Gasteiger partial charge in [0, 0.05) is 0 Å². The number of ketones is 2. The second-order valence-corrected chi connectivity index (χ2v) is 8.29. The van der Waals surface area contributed by atoms with E-state index in [2.05, 4.69) is 6.07 Å². The molecule has 1 saturated carbocycles. The molecule has 0 radical (unpaired) electrons. The summed E-state index contributed by atoms with van der Waals surface area (Å²) in [6.07, 6.45) is 1.67. The summed E-state index contributed by atoms with van der Waals surface area (Å²) in [6, 6.07) is 13.7. The van der Waals surface area contributed by atoms with E-state index >= 15 is 0 Å². The third kappa shape index (κ3) is 2.33. The molecule has 2 aromatic carbocycles. The highest BCUT2D eigenvalue weighted by atomic mass is 16.5. The molecule has 0 spiro atoms. The zero-order valence-corrected chi connectivity index (χ0v) is 15.9. The third-order valence-corrected chi connectivity index (χ3v) is 6.73. The fourth-order valence-electron chi connectivity index (χ4n) is 5.54. The van der Waals surface area contributed by atoms with Gasteiger partial charge in [-0.05, 0) is 66.6 Å². The van der Waals surface area contributed by atoms with Crippen LogP contribution in [0.5, 0.6) is 0 Å². The van der Waals surface area contributed by atoms with E-state index in [0.29, 0.717) is 5.56 Å². The highest BCUT2D eigenvalue weighted by Crippen LogP contribution is 2.53. The summed E-state index contributed by atoms with van der Waals surface area (Å²) in [5, 5.41) is 8.98. The quantitative estimate of drug-likeness (QED) is 0.752. The lowest BCUT2D eigenvalue weighted by Crippen LogP contribution is -2.29. The fourth-order valence-corrected chi connectivity index (χ4v) is 5.54. The van der Waals surface area contributed by atoms with E-state index < -0.39 is 5.92 Å². The Morgan fingerprint density at radius 2 is 1.43 bits per heavy atom. The molecule has 3 aliphatic rings. The van der Waals surface area contributed by atoms with E-state index in [0.717, 1.165) is 40.7 Å². The average Bonchev–Trinajstić information content (AvgIpc) is 3.37. The van der Waals surface area contributed by atoms with Crippen LogP contribution in [0.3, 0.4) is 0 Å². The average molecular weight is 371 g/mol. The number of aryl methyl sites for hydroxylation is 2. The van der Waals surface area contributed by atoms with Gasteiger partial charge in [0.25, 0.3) is 0 Å². The van der Waals surface area contributed by atoms with E-state index in [9.17, 15) is 9.59 Å². The molecular weight excluding hydrogens is 350 g/mol. The Kier molecular flexibility index (Phi) is 3.79. The molecular formula is C24H21NO3. The number of fused-ring (bicyclic) bond motifs is 5. The topological polar surface area (TPSA) is 67.2 Å². The maximum absolute atomic E-state index is 13.2. The van der Waals surface area contributed by atoms with Crippen LogP contribution in [0.1, 0.15) is 41.0 Å². The molecule has 2 bridgehead atoms. The van der Waals surface area contributed by atoms with Gasteiger partial charge in [-0.25, -0.2) is 0 Å². The summed E-state index contributed by atoms with van der Waals surface area (Å²) in [7, 11) is 0. The first-order chi connectivity index (χ1) is 13.5. The molecule has 4 nitrogen and oxygen atoms in total. The number of hydrogen-bond donors (Lipinski definition) is 0. The first kappa shape index (κ1) is 17.3. The lowest BCUT2D eigenvalue weighted by molar-refractivity contribution is -0.127. The van der Waals surface area contributed by atoms with Crippen LogP contribution in [0.15, 0.2) is 36.4 Å². The number of nitriles is 1. The van der Waals surface area contributed by atoms with Crippen molar-refractivity contribution in [2.75, 3.05) is 0 Å². The number of ether oxygens (including phenoxy) is 1. The van der Waals surface area contributed by atoms with Crippen LogP contribution in [-0.4, -0.2) is 23.8 Å². The second kappa shape index (κ2) is 6.12. The Morgan fingerprint density at radius 3 is 1.93 bits per heavy atom. The van der Waals surface area contributed by atoms with Gasteiger partial charge in [0.1, 0.15) is 5.92 Å². The molecule has 2 aliphatic heterocycles. The number of Topliss-reactive ketones (excluding diaryl/α,β-unsaturated/α-hetero) is 2. The molecule has 0 aromatic heterocycles. The van der Waals surface area contributed by atoms with E-state index in [-0.39, 0.29) is 35.6 Å². The minimum Gasteiger partial charge on any atom is -0.373 e. The molecule has 2 aromatic rings. The molecule has 5 rings (SSSR count). The molecule has 2 saturated heterocycles. The largest absolute Gasteiger partial charge is 0.373 e. The number of hydrogen-bond acceptors (Lipinski definition) is 4. The van der Waals surface area contributed by atoms with Crippen molar-refractivity contribution in [1.29, 1.82) is 5.26 Å². The van der Waals surface area contributed by atoms with Gasteiger partial charge < -0.3 is 4.74 Å². The van der Waals surface area contributed by atoms with Crippen LogP contribution in [0, 0.1) is 37.0 Å².